The number of hydrogen-bond acceptors (Lipinski definition) is 2. The van der Waals surface area contributed by atoms with E-state index in [9.17, 15) is 0 Å². The highest BCUT2D eigenvalue weighted by Crippen LogP contribution is 2.25. The SMILES string of the molecule is Clc1cc(Cl)cc(OCC2CCCNC2)c1. The molecule has 1 unspecified atom stereocenters. The second-order valence-corrected chi connectivity index (χ2v) is 5.00. The fraction of sp³-hybridized carbons (Fsp3) is 0.500. The molecule has 88 valence electrons. The van der Waals surface area contributed by atoms with E-state index in [1.807, 2.05) is 0 Å². The predicted molar refractivity (Wildman–Crippen MR) is 67.6 cm³/mol. The van der Waals surface area contributed by atoms with Crippen molar-refractivity contribution in [2.24, 2.45) is 5.92 Å². The van der Waals surface area contributed by atoms with Gasteiger partial charge in [0.25, 0.3) is 0 Å². The van der Waals surface area contributed by atoms with E-state index in [1.54, 1.807) is 18.2 Å². The maximum atomic E-state index is 5.89. The molecule has 0 aromatic heterocycles. The minimum atomic E-state index is 0.589. The Morgan fingerprint density at radius 1 is 1.25 bits per heavy atom. The van der Waals surface area contributed by atoms with Gasteiger partial charge in [0.15, 0.2) is 0 Å². The van der Waals surface area contributed by atoms with Gasteiger partial charge in [-0.1, -0.05) is 23.2 Å². The molecule has 4 heteroatoms. The second-order valence-electron chi connectivity index (χ2n) is 4.13. The third-order valence-corrected chi connectivity index (χ3v) is 3.16. The first-order chi connectivity index (χ1) is 7.74. The van der Waals surface area contributed by atoms with Gasteiger partial charge < -0.3 is 10.1 Å². The highest BCUT2D eigenvalue weighted by atomic mass is 35.5. The average molecular weight is 260 g/mol. The zero-order chi connectivity index (χ0) is 11.4. The van der Waals surface area contributed by atoms with Gasteiger partial charge in [-0.05, 0) is 37.6 Å². The van der Waals surface area contributed by atoms with Crippen molar-refractivity contribution in [3.63, 3.8) is 0 Å². The van der Waals surface area contributed by atoms with Crippen LogP contribution in [0.15, 0.2) is 18.2 Å². The summed E-state index contributed by atoms with van der Waals surface area (Å²) in [7, 11) is 0. The Balaban J connectivity index is 1.88. The van der Waals surface area contributed by atoms with Crippen molar-refractivity contribution in [2.45, 2.75) is 12.8 Å². The van der Waals surface area contributed by atoms with Crippen LogP contribution in [0.2, 0.25) is 10.0 Å². The van der Waals surface area contributed by atoms with E-state index in [2.05, 4.69) is 5.32 Å². The molecule has 1 aliphatic heterocycles. The van der Waals surface area contributed by atoms with Crippen LogP contribution in [0.1, 0.15) is 12.8 Å². The van der Waals surface area contributed by atoms with Crippen molar-refractivity contribution in [1.29, 1.82) is 0 Å². The van der Waals surface area contributed by atoms with E-state index in [0.29, 0.717) is 16.0 Å². The molecular formula is C12H15Cl2NO. The molecule has 1 heterocycles. The van der Waals surface area contributed by atoms with Crippen LogP contribution in [0.3, 0.4) is 0 Å². The van der Waals surface area contributed by atoms with Crippen LogP contribution in [0.5, 0.6) is 5.75 Å². The number of rotatable bonds is 3. The summed E-state index contributed by atoms with van der Waals surface area (Å²) < 4.78 is 5.70. The average Bonchev–Trinajstić information content (AvgIpc) is 2.27. The Morgan fingerprint density at radius 3 is 2.62 bits per heavy atom. The molecule has 1 aromatic rings. The lowest BCUT2D eigenvalue weighted by Gasteiger charge is -2.22. The number of hydrogen-bond donors (Lipinski definition) is 1. The Morgan fingerprint density at radius 2 is 2.00 bits per heavy atom. The van der Waals surface area contributed by atoms with Gasteiger partial charge in [0.05, 0.1) is 6.61 Å². The normalized spacial score (nSPS) is 20.8. The fourth-order valence-corrected chi connectivity index (χ4v) is 2.40. The summed E-state index contributed by atoms with van der Waals surface area (Å²) in [5.41, 5.74) is 0. The van der Waals surface area contributed by atoms with E-state index >= 15 is 0 Å². The molecule has 1 atom stereocenters. The van der Waals surface area contributed by atoms with Crippen LogP contribution in [-0.4, -0.2) is 19.7 Å². The Bertz CT molecular complexity index is 331. The van der Waals surface area contributed by atoms with Gasteiger partial charge in [0.1, 0.15) is 5.75 Å². The van der Waals surface area contributed by atoms with Crippen LogP contribution in [0, 0.1) is 5.92 Å². The summed E-state index contributed by atoms with van der Waals surface area (Å²) >= 11 is 11.8. The first-order valence-electron chi connectivity index (χ1n) is 5.53. The molecule has 16 heavy (non-hydrogen) atoms. The van der Waals surface area contributed by atoms with Crippen LogP contribution in [0.25, 0.3) is 0 Å². The molecule has 0 amide bonds. The van der Waals surface area contributed by atoms with Crippen molar-refractivity contribution < 1.29 is 4.74 Å². The monoisotopic (exact) mass is 259 g/mol. The van der Waals surface area contributed by atoms with Gasteiger partial charge in [-0.15, -0.1) is 0 Å². The topological polar surface area (TPSA) is 21.3 Å². The van der Waals surface area contributed by atoms with Gasteiger partial charge in [0.2, 0.25) is 0 Å². The van der Waals surface area contributed by atoms with Crippen molar-refractivity contribution in [3.8, 4) is 5.75 Å². The highest BCUT2D eigenvalue weighted by molar-refractivity contribution is 6.34. The molecule has 0 radical (unpaired) electrons. The lowest BCUT2D eigenvalue weighted by Crippen LogP contribution is -2.33. The molecule has 2 nitrogen and oxygen atoms in total. The third kappa shape index (κ3) is 3.55. The van der Waals surface area contributed by atoms with Gasteiger partial charge in [0, 0.05) is 22.5 Å². The minimum absolute atomic E-state index is 0.589. The van der Waals surface area contributed by atoms with E-state index in [1.165, 1.54) is 12.8 Å². The molecule has 1 fully saturated rings. The number of nitrogens with one attached hydrogen (secondary N) is 1. The standard InChI is InChI=1S/C12H15Cl2NO/c13-10-4-11(14)6-12(5-10)16-8-9-2-1-3-15-7-9/h4-6,9,15H,1-3,7-8H2. The molecule has 2 rings (SSSR count). The summed E-state index contributed by atoms with van der Waals surface area (Å²) in [4.78, 5) is 0. The summed E-state index contributed by atoms with van der Waals surface area (Å²) in [6, 6.07) is 5.30. The molecular weight excluding hydrogens is 245 g/mol. The predicted octanol–water partition coefficient (Wildman–Crippen LogP) is 3.37. The molecule has 0 aliphatic carbocycles. The molecule has 1 aliphatic rings. The third-order valence-electron chi connectivity index (χ3n) is 2.72. The Hall–Kier alpha value is -0.440. The number of piperidine rings is 1. The summed E-state index contributed by atoms with van der Waals surface area (Å²) in [5, 5.41) is 4.59. The van der Waals surface area contributed by atoms with Crippen LogP contribution < -0.4 is 10.1 Å². The zero-order valence-electron chi connectivity index (χ0n) is 9.01. The van der Waals surface area contributed by atoms with Crippen molar-refractivity contribution in [1.82, 2.24) is 5.32 Å². The van der Waals surface area contributed by atoms with Crippen molar-refractivity contribution in [2.75, 3.05) is 19.7 Å². The fourth-order valence-electron chi connectivity index (χ4n) is 1.89. The van der Waals surface area contributed by atoms with Crippen LogP contribution >= 0.6 is 23.2 Å². The van der Waals surface area contributed by atoms with Gasteiger partial charge in [-0.25, -0.2) is 0 Å². The van der Waals surface area contributed by atoms with E-state index in [4.69, 9.17) is 27.9 Å². The quantitative estimate of drug-likeness (QED) is 0.899. The van der Waals surface area contributed by atoms with Gasteiger partial charge >= 0.3 is 0 Å². The number of benzene rings is 1. The number of ether oxygens (including phenoxy) is 1. The lowest BCUT2D eigenvalue weighted by molar-refractivity contribution is 0.218. The largest absolute Gasteiger partial charge is 0.493 e. The Kier molecular flexibility index (Phi) is 4.33. The Labute approximate surface area is 106 Å². The number of halogens is 2. The molecule has 1 aromatic carbocycles. The summed E-state index contributed by atoms with van der Waals surface area (Å²) in [5.74, 6) is 1.34. The van der Waals surface area contributed by atoms with E-state index < -0.39 is 0 Å². The first kappa shape index (κ1) is 12.0. The highest BCUT2D eigenvalue weighted by Gasteiger charge is 2.13. The second kappa shape index (κ2) is 5.76. The summed E-state index contributed by atoms with van der Waals surface area (Å²) in [6.45, 7) is 2.89. The van der Waals surface area contributed by atoms with Crippen LogP contribution in [0.4, 0.5) is 0 Å². The molecule has 0 saturated carbocycles. The summed E-state index contributed by atoms with van der Waals surface area (Å²) in [6.07, 6.45) is 2.45. The molecule has 0 bridgehead atoms. The molecule has 0 spiro atoms. The van der Waals surface area contributed by atoms with E-state index in [0.717, 1.165) is 25.4 Å². The van der Waals surface area contributed by atoms with Gasteiger partial charge in [-0.3, -0.25) is 0 Å². The first-order valence-corrected chi connectivity index (χ1v) is 6.29. The van der Waals surface area contributed by atoms with Crippen molar-refractivity contribution >= 4 is 23.2 Å². The molecule has 1 saturated heterocycles. The zero-order valence-corrected chi connectivity index (χ0v) is 10.5. The smallest absolute Gasteiger partial charge is 0.122 e. The van der Waals surface area contributed by atoms with Crippen molar-refractivity contribution in [3.05, 3.63) is 28.2 Å². The minimum Gasteiger partial charge on any atom is -0.493 e. The maximum Gasteiger partial charge on any atom is 0.122 e. The van der Waals surface area contributed by atoms with E-state index in [-0.39, 0.29) is 0 Å². The van der Waals surface area contributed by atoms with Gasteiger partial charge in [-0.2, -0.15) is 0 Å². The molecule has 1 N–H and O–H groups in total. The lowest BCUT2D eigenvalue weighted by atomic mass is 10.0. The maximum absolute atomic E-state index is 5.89. The van der Waals surface area contributed by atoms with Crippen LogP contribution in [-0.2, 0) is 0 Å².